The molecule has 2 atom stereocenters. The van der Waals surface area contributed by atoms with Gasteiger partial charge in [-0.2, -0.15) is 0 Å². The standard InChI is InChI=1S/C18H23NO3/c1-12(20)14-9-15(13(2)21)11-16(10-14)18(22)19(3)17-7-5-4-6-8-17/h4-8,14-16H,9-11H2,1-3H3. The molecular weight excluding hydrogens is 278 g/mol. The molecule has 1 aliphatic carbocycles. The summed E-state index contributed by atoms with van der Waals surface area (Å²) in [6.07, 6.45) is 1.69. The zero-order valence-electron chi connectivity index (χ0n) is 13.4. The third-order valence-electron chi connectivity index (χ3n) is 4.68. The molecule has 4 nitrogen and oxygen atoms in total. The summed E-state index contributed by atoms with van der Waals surface area (Å²) in [5, 5.41) is 0. The smallest absolute Gasteiger partial charge is 0.229 e. The second-order valence-corrected chi connectivity index (χ2v) is 6.25. The van der Waals surface area contributed by atoms with Crippen molar-refractivity contribution in [3.63, 3.8) is 0 Å². The lowest BCUT2D eigenvalue weighted by Crippen LogP contribution is -2.40. The van der Waals surface area contributed by atoms with Gasteiger partial charge in [-0.25, -0.2) is 0 Å². The van der Waals surface area contributed by atoms with Gasteiger partial charge >= 0.3 is 0 Å². The van der Waals surface area contributed by atoms with Crippen molar-refractivity contribution in [2.24, 2.45) is 17.8 Å². The molecule has 2 rings (SSSR count). The number of carbonyl (C=O) groups excluding carboxylic acids is 3. The third-order valence-corrected chi connectivity index (χ3v) is 4.68. The maximum absolute atomic E-state index is 12.7. The molecule has 0 N–H and O–H groups in total. The van der Waals surface area contributed by atoms with Crippen LogP contribution >= 0.6 is 0 Å². The molecule has 0 aromatic heterocycles. The van der Waals surface area contributed by atoms with Gasteiger partial charge in [0.05, 0.1) is 0 Å². The molecule has 0 aliphatic heterocycles. The van der Waals surface area contributed by atoms with Crippen LogP contribution in [0.3, 0.4) is 0 Å². The number of anilines is 1. The van der Waals surface area contributed by atoms with E-state index in [4.69, 9.17) is 0 Å². The zero-order valence-corrected chi connectivity index (χ0v) is 13.4. The molecule has 0 saturated heterocycles. The van der Waals surface area contributed by atoms with E-state index in [9.17, 15) is 14.4 Å². The van der Waals surface area contributed by atoms with Crippen molar-refractivity contribution in [1.82, 2.24) is 0 Å². The van der Waals surface area contributed by atoms with E-state index in [1.165, 1.54) is 0 Å². The van der Waals surface area contributed by atoms with E-state index >= 15 is 0 Å². The highest BCUT2D eigenvalue weighted by atomic mass is 16.2. The van der Waals surface area contributed by atoms with Crippen LogP contribution < -0.4 is 4.90 Å². The maximum atomic E-state index is 12.7. The number of nitrogens with zero attached hydrogens (tertiary/aromatic N) is 1. The Morgan fingerprint density at radius 2 is 1.32 bits per heavy atom. The number of amides is 1. The molecule has 118 valence electrons. The average molecular weight is 301 g/mol. The van der Waals surface area contributed by atoms with Gasteiger partial charge in [-0.1, -0.05) is 18.2 Å². The number of hydrogen-bond acceptors (Lipinski definition) is 3. The minimum Gasteiger partial charge on any atom is -0.315 e. The fraction of sp³-hybridized carbons (Fsp3) is 0.500. The average Bonchev–Trinajstić information content (AvgIpc) is 2.53. The fourth-order valence-electron chi connectivity index (χ4n) is 3.24. The van der Waals surface area contributed by atoms with Crippen LogP contribution in [-0.2, 0) is 14.4 Å². The summed E-state index contributed by atoms with van der Waals surface area (Å²) in [7, 11) is 1.75. The summed E-state index contributed by atoms with van der Waals surface area (Å²) in [4.78, 5) is 37.8. The van der Waals surface area contributed by atoms with Gasteiger partial charge in [-0.15, -0.1) is 0 Å². The van der Waals surface area contributed by atoms with Crippen LogP contribution in [-0.4, -0.2) is 24.5 Å². The fourth-order valence-corrected chi connectivity index (χ4v) is 3.24. The van der Waals surface area contributed by atoms with Crippen molar-refractivity contribution in [1.29, 1.82) is 0 Å². The first-order valence-corrected chi connectivity index (χ1v) is 7.73. The molecule has 1 fully saturated rings. The van der Waals surface area contributed by atoms with Crippen molar-refractivity contribution in [2.75, 3.05) is 11.9 Å². The van der Waals surface area contributed by atoms with Crippen LogP contribution in [0.1, 0.15) is 33.1 Å². The summed E-state index contributed by atoms with van der Waals surface area (Å²) in [5.74, 6) is -0.482. The molecule has 0 radical (unpaired) electrons. The predicted octanol–water partition coefficient (Wildman–Crippen LogP) is 2.86. The van der Waals surface area contributed by atoms with Gasteiger partial charge < -0.3 is 4.90 Å². The molecule has 1 aromatic carbocycles. The second-order valence-electron chi connectivity index (χ2n) is 6.25. The number of hydrogen-bond donors (Lipinski definition) is 0. The highest BCUT2D eigenvalue weighted by Gasteiger charge is 2.37. The lowest BCUT2D eigenvalue weighted by molar-refractivity contribution is -0.130. The molecule has 2 unspecified atom stereocenters. The van der Waals surface area contributed by atoms with Crippen LogP contribution in [0.2, 0.25) is 0 Å². The van der Waals surface area contributed by atoms with Gasteiger partial charge in [0.2, 0.25) is 5.91 Å². The van der Waals surface area contributed by atoms with Gasteiger partial charge in [-0.05, 0) is 45.2 Å². The van der Waals surface area contributed by atoms with Crippen LogP contribution in [0.25, 0.3) is 0 Å². The van der Waals surface area contributed by atoms with Crippen LogP contribution in [0.5, 0.6) is 0 Å². The number of para-hydroxylation sites is 1. The van der Waals surface area contributed by atoms with Gasteiger partial charge in [-0.3, -0.25) is 14.4 Å². The predicted molar refractivity (Wildman–Crippen MR) is 85.5 cm³/mol. The number of ketones is 2. The lowest BCUT2D eigenvalue weighted by atomic mass is 9.72. The van der Waals surface area contributed by atoms with Crippen molar-refractivity contribution in [2.45, 2.75) is 33.1 Å². The van der Waals surface area contributed by atoms with Crippen LogP contribution in [0.4, 0.5) is 5.69 Å². The summed E-state index contributed by atoms with van der Waals surface area (Å²) in [6.45, 7) is 3.10. The Morgan fingerprint density at radius 1 is 0.864 bits per heavy atom. The Bertz CT molecular complexity index is 545. The highest BCUT2D eigenvalue weighted by Crippen LogP contribution is 2.36. The Morgan fingerprint density at radius 3 is 1.77 bits per heavy atom. The van der Waals surface area contributed by atoms with Crippen molar-refractivity contribution < 1.29 is 14.4 Å². The molecule has 1 amide bonds. The van der Waals surface area contributed by atoms with E-state index in [1.807, 2.05) is 30.3 Å². The van der Waals surface area contributed by atoms with Gasteiger partial charge in [0.15, 0.2) is 0 Å². The SMILES string of the molecule is CC(=O)C1CC(C(C)=O)CC(C(=O)N(C)c2ccccc2)C1. The molecule has 0 spiro atoms. The topological polar surface area (TPSA) is 54.5 Å². The number of rotatable bonds is 4. The summed E-state index contributed by atoms with van der Waals surface area (Å²) in [6, 6.07) is 9.44. The number of Topliss-reactive ketones (excluding diaryl/α,β-unsaturated/α-hetero) is 2. The maximum Gasteiger partial charge on any atom is 0.229 e. The molecule has 22 heavy (non-hydrogen) atoms. The van der Waals surface area contributed by atoms with Crippen molar-refractivity contribution in [3.8, 4) is 0 Å². The molecule has 1 aromatic rings. The van der Waals surface area contributed by atoms with Gasteiger partial charge in [0.1, 0.15) is 11.6 Å². The van der Waals surface area contributed by atoms with E-state index in [2.05, 4.69) is 0 Å². The van der Waals surface area contributed by atoms with Crippen molar-refractivity contribution >= 4 is 23.2 Å². The normalized spacial score (nSPS) is 24.6. The van der Waals surface area contributed by atoms with E-state index in [-0.39, 0.29) is 35.2 Å². The Kier molecular flexibility index (Phi) is 5.11. The monoisotopic (exact) mass is 301 g/mol. The molecular formula is C18H23NO3. The third kappa shape index (κ3) is 3.62. The molecule has 0 bridgehead atoms. The summed E-state index contributed by atoms with van der Waals surface area (Å²) < 4.78 is 0. The highest BCUT2D eigenvalue weighted by molar-refractivity contribution is 5.95. The lowest BCUT2D eigenvalue weighted by Gasteiger charge is -2.34. The van der Waals surface area contributed by atoms with E-state index in [0.29, 0.717) is 19.3 Å². The molecule has 1 aliphatic rings. The van der Waals surface area contributed by atoms with Crippen molar-refractivity contribution in [3.05, 3.63) is 30.3 Å². The van der Waals surface area contributed by atoms with E-state index in [1.54, 1.807) is 25.8 Å². The van der Waals surface area contributed by atoms with Gasteiger partial charge in [0, 0.05) is 30.5 Å². The number of carbonyl (C=O) groups is 3. The minimum absolute atomic E-state index is 0.0107. The first-order valence-electron chi connectivity index (χ1n) is 7.73. The summed E-state index contributed by atoms with van der Waals surface area (Å²) in [5.41, 5.74) is 0.830. The van der Waals surface area contributed by atoms with E-state index in [0.717, 1.165) is 5.69 Å². The molecule has 4 heteroatoms. The zero-order chi connectivity index (χ0) is 16.3. The van der Waals surface area contributed by atoms with Crippen LogP contribution in [0.15, 0.2) is 30.3 Å². The van der Waals surface area contributed by atoms with Crippen LogP contribution in [0, 0.1) is 17.8 Å². The first kappa shape index (κ1) is 16.4. The minimum atomic E-state index is -0.262. The van der Waals surface area contributed by atoms with Gasteiger partial charge in [0.25, 0.3) is 0 Å². The quantitative estimate of drug-likeness (QED) is 0.859. The Labute approximate surface area is 131 Å². The largest absolute Gasteiger partial charge is 0.315 e. The molecule has 0 heterocycles. The Hall–Kier alpha value is -1.97. The first-order chi connectivity index (χ1) is 10.4. The Balaban J connectivity index is 2.16. The van der Waals surface area contributed by atoms with E-state index < -0.39 is 0 Å². The summed E-state index contributed by atoms with van der Waals surface area (Å²) >= 11 is 0. The second kappa shape index (κ2) is 6.86. The molecule has 1 saturated carbocycles. The number of benzene rings is 1.